The fourth-order valence-electron chi connectivity index (χ4n) is 3.78. The molecule has 1 aliphatic heterocycles. The van der Waals surface area contributed by atoms with Gasteiger partial charge in [0.25, 0.3) is 0 Å². The molecule has 1 unspecified atom stereocenters. The average molecular weight is 336 g/mol. The van der Waals surface area contributed by atoms with Crippen LogP contribution < -0.4 is 10.1 Å². The molecule has 1 aromatic carbocycles. The molecule has 2 heterocycles. The normalized spacial score (nSPS) is 19.5. The molecule has 4 nitrogen and oxygen atoms in total. The van der Waals surface area contributed by atoms with Gasteiger partial charge in [0, 0.05) is 24.1 Å². The first-order chi connectivity index (χ1) is 12.2. The Balaban J connectivity index is 1.39. The van der Waals surface area contributed by atoms with Gasteiger partial charge >= 0.3 is 0 Å². The van der Waals surface area contributed by atoms with Crippen LogP contribution in [0, 0.1) is 12.8 Å². The van der Waals surface area contributed by atoms with Crippen LogP contribution in [0.15, 0.2) is 36.5 Å². The van der Waals surface area contributed by atoms with Gasteiger partial charge in [-0.1, -0.05) is 18.9 Å². The maximum Gasteiger partial charge on any atom is 0.223 e. The highest BCUT2D eigenvalue weighted by molar-refractivity contribution is 5.78. The molecule has 1 atom stereocenters. The average Bonchev–Trinajstić information content (AvgIpc) is 3.29. The SMILES string of the molecule is Cc1ccc(-c2ccc3c(c2)CC(CNC(=O)C2CCCC2)O3)nc1. The lowest BCUT2D eigenvalue weighted by molar-refractivity contribution is -0.125. The summed E-state index contributed by atoms with van der Waals surface area (Å²) in [5.74, 6) is 1.33. The van der Waals surface area contributed by atoms with Crippen LogP contribution in [0.5, 0.6) is 5.75 Å². The van der Waals surface area contributed by atoms with Crippen LogP contribution in [0.3, 0.4) is 0 Å². The second kappa shape index (κ2) is 6.87. The van der Waals surface area contributed by atoms with Crippen LogP contribution >= 0.6 is 0 Å². The molecule has 1 N–H and O–H groups in total. The van der Waals surface area contributed by atoms with Crippen molar-refractivity contribution in [2.75, 3.05) is 6.54 Å². The summed E-state index contributed by atoms with van der Waals surface area (Å²) in [7, 11) is 0. The van der Waals surface area contributed by atoms with Crippen LogP contribution in [0.1, 0.15) is 36.8 Å². The fourth-order valence-corrected chi connectivity index (χ4v) is 3.78. The van der Waals surface area contributed by atoms with Crippen molar-refractivity contribution in [3.8, 4) is 17.0 Å². The lowest BCUT2D eigenvalue weighted by Crippen LogP contribution is -2.37. The molecule has 1 aliphatic carbocycles. The number of fused-ring (bicyclic) bond motifs is 1. The Bertz CT molecular complexity index is 764. The number of ether oxygens (including phenoxy) is 1. The van der Waals surface area contributed by atoms with Crippen LogP contribution in [-0.2, 0) is 11.2 Å². The zero-order valence-corrected chi connectivity index (χ0v) is 14.6. The number of hydrogen-bond donors (Lipinski definition) is 1. The Morgan fingerprint density at radius 2 is 2.08 bits per heavy atom. The van der Waals surface area contributed by atoms with Gasteiger partial charge in [-0.3, -0.25) is 9.78 Å². The summed E-state index contributed by atoms with van der Waals surface area (Å²) in [5, 5.41) is 3.08. The molecule has 1 aromatic heterocycles. The summed E-state index contributed by atoms with van der Waals surface area (Å²) >= 11 is 0. The Hall–Kier alpha value is -2.36. The lowest BCUT2D eigenvalue weighted by Gasteiger charge is -2.14. The van der Waals surface area contributed by atoms with Gasteiger partial charge in [-0.15, -0.1) is 0 Å². The van der Waals surface area contributed by atoms with Crippen LogP contribution in [0.4, 0.5) is 0 Å². The van der Waals surface area contributed by atoms with Crippen molar-refractivity contribution < 1.29 is 9.53 Å². The first kappa shape index (κ1) is 16.1. The lowest BCUT2D eigenvalue weighted by atomic mass is 10.0. The minimum Gasteiger partial charge on any atom is -0.488 e. The standard InChI is InChI=1S/C21H24N2O2/c1-14-6-8-19(22-12-14)16-7-9-20-17(10-16)11-18(25-20)13-23-21(24)15-4-2-3-5-15/h6-10,12,15,18H,2-5,11,13H2,1H3,(H,23,24). The summed E-state index contributed by atoms with van der Waals surface area (Å²) in [4.78, 5) is 16.7. The number of nitrogens with one attached hydrogen (secondary N) is 1. The van der Waals surface area contributed by atoms with E-state index < -0.39 is 0 Å². The van der Waals surface area contributed by atoms with E-state index in [9.17, 15) is 4.79 Å². The predicted molar refractivity (Wildman–Crippen MR) is 97.5 cm³/mol. The summed E-state index contributed by atoms with van der Waals surface area (Å²) in [6.07, 6.45) is 7.18. The number of amides is 1. The van der Waals surface area contributed by atoms with Gasteiger partial charge in [0.15, 0.2) is 0 Å². The molecule has 1 saturated carbocycles. The summed E-state index contributed by atoms with van der Waals surface area (Å²) in [6, 6.07) is 10.4. The monoisotopic (exact) mass is 336 g/mol. The molecule has 2 aliphatic rings. The summed E-state index contributed by atoms with van der Waals surface area (Å²) in [6.45, 7) is 2.62. The van der Waals surface area contributed by atoms with Crippen molar-refractivity contribution in [2.45, 2.75) is 45.1 Å². The van der Waals surface area contributed by atoms with E-state index in [0.29, 0.717) is 6.54 Å². The van der Waals surface area contributed by atoms with Crippen molar-refractivity contribution in [2.24, 2.45) is 5.92 Å². The van der Waals surface area contributed by atoms with E-state index in [-0.39, 0.29) is 17.9 Å². The van der Waals surface area contributed by atoms with Crippen molar-refractivity contribution in [1.82, 2.24) is 10.3 Å². The Morgan fingerprint density at radius 1 is 1.24 bits per heavy atom. The second-order valence-corrected chi connectivity index (χ2v) is 7.21. The highest BCUT2D eigenvalue weighted by Gasteiger charge is 2.26. The van der Waals surface area contributed by atoms with Crippen LogP contribution in [0.25, 0.3) is 11.3 Å². The number of nitrogens with zero attached hydrogens (tertiary/aromatic N) is 1. The maximum absolute atomic E-state index is 12.2. The number of aromatic nitrogens is 1. The molecule has 1 fully saturated rings. The highest BCUT2D eigenvalue weighted by Crippen LogP contribution is 2.32. The highest BCUT2D eigenvalue weighted by atomic mass is 16.5. The zero-order valence-electron chi connectivity index (χ0n) is 14.6. The van der Waals surface area contributed by atoms with E-state index in [1.807, 2.05) is 25.3 Å². The minimum atomic E-state index is 0.0292. The molecule has 4 rings (SSSR count). The molecule has 130 valence electrons. The number of hydrogen-bond acceptors (Lipinski definition) is 3. The third kappa shape index (κ3) is 3.53. The first-order valence-electron chi connectivity index (χ1n) is 9.19. The molecule has 0 radical (unpaired) electrons. The Labute approximate surface area is 148 Å². The van der Waals surface area contributed by atoms with Gasteiger partial charge in [0.2, 0.25) is 5.91 Å². The molecular formula is C21H24N2O2. The Morgan fingerprint density at radius 3 is 2.84 bits per heavy atom. The predicted octanol–water partition coefficient (Wildman–Crippen LogP) is 3.67. The third-order valence-electron chi connectivity index (χ3n) is 5.24. The van der Waals surface area contributed by atoms with Gasteiger partial charge in [-0.05, 0) is 55.2 Å². The number of rotatable bonds is 4. The molecule has 0 spiro atoms. The third-order valence-corrected chi connectivity index (χ3v) is 5.24. The van der Waals surface area contributed by atoms with Crippen molar-refractivity contribution in [3.63, 3.8) is 0 Å². The number of pyridine rings is 1. The smallest absolute Gasteiger partial charge is 0.223 e. The maximum atomic E-state index is 12.2. The number of aryl methyl sites for hydroxylation is 1. The van der Waals surface area contributed by atoms with Crippen molar-refractivity contribution in [1.29, 1.82) is 0 Å². The number of carbonyl (C=O) groups excluding carboxylic acids is 1. The molecule has 1 amide bonds. The van der Waals surface area contributed by atoms with E-state index >= 15 is 0 Å². The van der Waals surface area contributed by atoms with E-state index in [1.54, 1.807) is 0 Å². The van der Waals surface area contributed by atoms with Crippen LogP contribution in [0.2, 0.25) is 0 Å². The van der Waals surface area contributed by atoms with Gasteiger partial charge < -0.3 is 10.1 Å². The summed E-state index contributed by atoms with van der Waals surface area (Å²) in [5.41, 5.74) is 4.44. The van der Waals surface area contributed by atoms with E-state index in [2.05, 4.69) is 28.5 Å². The van der Waals surface area contributed by atoms with Gasteiger partial charge in [0.1, 0.15) is 11.9 Å². The van der Waals surface area contributed by atoms with Gasteiger partial charge in [-0.2, -0.15) is 0 Å². The zero-order chi connectivity index (χ0) is 17.2. The molecule has 0 bridgehead atoms. The topological polar surface area (TPSA) is 51.2 Å². The number of carbonyl (C=O) groups is 1. The van der Waals surface area contributed by atoms with E-state index in [0.717, 1.165) is 41.8 Å². The minimum absolute atomic E-state index is 0.0292. The molecular weight excluding hydrogens is 312 g/mol. The van der Waals surface area contributed by atoms with E-state index in [1.165, 1.54) is 18.4 Å². The largest absolute Gasteiger partial charge is 0.488 e. The Kier molecular flexibility index (Phi) is 4.43. The van der Waals surface area contributed by atoms with Gasteiger partial charge in [-0.25, -0.2) is 0 Å². The first-order valence-corrected chi connectivity index (χ1v) is 9.19. The van der Waals surface area contributed by atoms with E-state index in [4.69, 9.17) is 4.74 Å². The van der Waals surface area contributed by atoms with Gasteiger partial charge in [0.05, 0.1) is 12.2 Å². The van der Waals surface area contributed by atoms with Crippen molar-refractivity contribution in [3.05, 3.63) is 47.7 Å². The summed E-state index contributed by atoms with van der Waals surface area (Å²) < 4.78 is 5.99. The molecule has 0 saturated heterocycles. The second-order valence-electron chi connectivity index (χ2n) is 7.21. The number of benzene rings is 1. The quantitative estimate of drug-likeness (QED) is 0.927. The molecule has 25 heavy (non-hydrogen) atoms. The fraction of sp³-hybridized carbons (Fsp3) is 0.429. The molecule has 2 aromatic rings. The van der Waals surface area contributed by atoms with Crippen molar-refractivity contribution >= 4 is 5.91 Å². The van der Waals surface area contributed by atoms with Crippen LogP contribution in [-0.4, -0.2) is 23.5 Å². The molecule has 4 heteroatoms.